The second-order valence-electron chi connectivity index (χ2n) is 2.66. The van der Waals surface area contributed by atoms with Gasteiger partial charge in [-0.05, 0) is 13.1 Å². The molecule has 2 N–H and O–H groups in total. The summed E-state index contributed by atoms with van der Waals surface area (Å²) in [6.07, 6.45) is 0.775. The summed E-state index contributed by atoms with van der Waals surface area (Å²) < 4.78 is 0. The van der Waals surface area contributed by atoms with Gasteiger partial charge in [0, 0.05) is 18.3 Å². The molecule has 0 amide bonds. The highest BCUT2D eigenvalue weighted by molar-refractivity contribution is 7.10. The maximum absolute atomic E-state index is 10.5. The van der Waals surface area contributed by atoms with Crippen molar-refractivity contribution in [2.24, 2.45) is 0 Å². The fourth-order valence-electron chi connectivity index (χ4n) is 0.851. The number of aromatic carboxylic acids is 1. The first kappa shape index (κ1) is 10.8. The lowest BCUT2D eigenvalue weighted by Crippen LogP contribution is -2.05. The van der Waals surface area contributed by atoms with Crippen molar-refractivity contribution in [1.29, 1.82) is 0 Å². The zero-order chi connectivity index (χ0) is 10.4. The number of hydrogen-bond acceptors (Lipinski definition) is 3. The van der Waals surface area contributed by atoms with Crippen LogP contribution in [0.2, 0.25) is 0 Å². The summed E-state index contributed by atoms with van der Waals surface area (Å²) in [6, 6.07) is 1.60. The maximum atomic E-state index is 10.5. The lowest BCUT2D eigenvalue weighted by atomic mass is 10.3. The first-order valence-electron chi connectivity index (χ1n) is 4.19. The van der Waals surface area contributed by atoms with Crippen molar-refractivity contribution < 1.29 is 9.90 Å². The van der Waals surface area contributed by atoms with Crippen molar-refractivity contribution in [3.8, 4) is 11.8 Å². The molecule has 0 aliphatic rings. The van der Waals surface area contributed by atoms with Gasteiger partial charge in [-0.25, -0.2) is 4.79 Å². The van der Waals surface area contributed by atoms with E-state index in [0.29, 0.717) is 5.56 Å². The second-order valence-corrected chi connectivity index (χ2v) is 3.57. The minimum Gasteiger partial charge on any atom is -0.478 e. The normalized spacial score (nSPS) is 9.21. The van der Waals surface area contributed by atoms with E-state index in [0.717, 1.165) is 17.8 Å². The molecule has 0 bridgehead atoms. The van der Waals surface area contributed by atoms with Gasteiger partial charge in [-0.1, -0.05) is 11.8 Å². The Morgan fingerprint density at radius 1 is 1.71 bits per heavy atom. The summed E-state index contributed by atoms with van der Waals surface area (Å²) in [5.74, 6) is 4.98. The molecule has 74 valence electrons. The molecular formula is C10H11NO2S. The number of carbonyl (C=O) groups is 1. The average molecular weight is 209 g/mol. The van der Waals surface area contributed by atoms with Crippen molar-refractivity contribution in [2.75, 3.05) is 13.6 Å². The first-order valence-corrected chi connectivity index (χ1v) is 5.07. The molecule has 0 saturated carbocycles. The number of carboxylic acids is 1. The number of rotatable bonds is 3. The highest BCUT2D eigenvalue weighted by atomic mass is 32.1. The van der Waals surface area contributed by atoms with E-state index in [2.05, 4.69) is 17.2 Å². The van der Waals surface area contributed by atoms with Crippen molar-refractivity contribution in [2.45, 2.75) is 6.42 Å². The van der Waals surface area contributed by atoms with Crippen LogP contribution in [0.25, 0.3) is 0 Å². The van der Waals surface area contributed by atoms with Crippen LogP contribution in [0.1, 0.15) is 21.7 Å². The third kappa shape index (κ3) is 3.21. The van der Waals surface area contributed by atoms with Crippen molar-refractivity contribution in [1.82, 2.24) is 5.32 Å². The van der Waals surface area contributed by atoms with Crippen LogP contribution >= 0.6 is 11.3 Å². The van der Waals surface area contributed by atoms with E-state index >= 15 is 0 Å². The predicted octanol–water partition coefficient (Wildman–Crippen LogP) is 1.41. The van der Waals surface area contributed by atoms with Gasteiger partial charge in [0.25, 0.3) is 0 Å². The minimum atomic E-state index is -0.899. The lowest BCUT2D eigenvalue weighted by molar-refractivity contribution is 0.0697. The molecule has 0 unspecified atom stereocenters. The highest BCUT2D eigenvalue weighted by Gasteiger charge is 2.03. The van der Waals surface area contributed by atoms with E-state index in [-0.39, 0.29) is 0 Å². The zero-order valence-corrected chi connectivity index (χ0v) is 8.65. The molecule has 0 atom stereocenters. The molecule has 0 fully saturated rings. The number of nitrogens with one attached hydrogen (secondary N) is 1. The van der Waals surface area contributed by atoms with Gasteiger partial charge in [0.05, 0.1) is 10.4 Å². The Balaban J connectivity index is 2.58. The molecule has 14 heavy (non-hydrogen) atoms. The van der Waals surface area contributed by atoms with E-state index in [1.165, 1.54) is 11.3 Å². The van der Waals surface area contributed by atoms with Gasteiger partial charge in [-0.3, -0.25) is 0 Å². The van der Waals surface area contributed by atoms with Crippen LogP contribution in [0.15, 0.2) is 11.4 Å². The van der Waals surface area contributed by atoms with Gasteiger partial charge in [0.15, 0.2) is 0 Å². The summed E-state index contributed by atoms with van der Waals surface area (Å²) in [4.78, 5) is 11.3. The quantitative estimate of drug-likeness (QED) is 0.584. The van der Waals surface area contributed by atoms with E-state index in [1.54, 1.807) is 11.4 Å². The van der Waals surface area contributed by atoms with Gasteiger partial charge in [0.1, 0.15) is 0 Å². The molecule has 0 spiro atoms. The van der Waals surface area contributed by atoms with Gasteiger partial charge in [-0.15, -0.1) is 11.3 Å². The summed E-state index contributed by atoms with van der Waals surface area (Å²) in [7, 11) is 1.87. The van der Waals surface area contributed by atoms with Crippen LogP contribution in [0.5, 0.6) is 0 Å². The predicted molar refractivity (Wildman–Crippen MR) is 56.7 cm³/mol. The Bertz CT molecular complexity index is 373. The largest absolute Gasteiger partial charge is 0.478 e. The molecule has 3 nitrogen and oxygen atoms in total. The van der Waals surface area contributed by atoms with Crippen LogP contribution in [0.4, 0.5) is 0 Å². The molecular weight excluding hydrogens is 198 g/mol. The fourth-order valence-corrected chi connectivity index (χ4v) is 1.60. The van der Waals surface area contributed by atoms with Gasteiger partial charge in [0.2, 0.25) is 0 Å². The van der Waals surface area contributed by atoms with Crippen LogP contribution < -0.4 is 5.32 Å². The van der Waals surface area contributed by atoms with E-state index in [9.17, 15) is 4.79 Å². The molecule has 1 aromatic heterocycles. The van der Waals surface area contributed by atoms with Gasteiger partial charge >= 0.3 is 5.97 Å². The van der Waals surface area contributed by atoms with Crippen LogP contribution in [-0.4, -0.2) is 24.7 Å². The van der Waals surface area contributed by atoms with Crippen molar-refractivity contribution in [3.63, 3.8) is 0 Å². The number of carboxylic acid groups (broad SMARTS) is 1. The molecule has 1 aromatic rings. The molecule has 0 saturated heterocycles. The van der Waals surface area contributed by atoms with Gasteiger partial charge in [-0.2, -0.15) is 0 Å². The zero-order valence-electron chi connectivity index (χ0n) is 7.83. The molecule has 4 heteroatoms. The molecule has 1 heterocycles. The topological polar surface area (TPSA) is 49.3 Å². The Morgan fingerprint density at radius 2 is 2.50 bits per heavy atom. The minimum absolute atomic E-state index is 0.313. The summed E-state index contributed by atoms with van der Waals surface area (Å²) in [5.41, 5.74) is 0.313. The highest BCUT2D eigenvalue weighted by Crippen LogP contribution is 2.13. The molecule has 0 aromatic carbocycles. The molecule has 0 radical (unpaired) electrons. The Labute approximate surface area is 86.8 Å². The van der Waals surface area contributed by atoms with E-state index in [1.807, 2.05) is 7.05 Å². The van der Waals surface area contributed by atoms with Crippen LogP contribution in [0.3, 0.4) is 0 Å². The maximum Gasteiger partial charge on any atom is 0.336 e. The number of thiophene rings is 1. The summed E-state index contributed by atoms with van der Waals surface area (Å²) in [5, 5.41) is 13.2. The van der Waals surface area contributed by atoms with Crippen molar-refractivity contribution in [3.05, 3.63) is 21.9 Å². The average Bonchev–Trinajstić information content (AvgIpc) is 2.61. The number of hydrogen-bond donors (Lipinski definition) is 2. The van der Waals surface area contributed by atoms with Gasteiger partial charge < -0.3 is 10.4 Å². The first-order chi connectivity index (χ1) is 6.74. The van der Waals surface area contributed by atoms with E-state index in [4.69, 9.17) is 5.11 Å². The van der Waals surface area contributed by atoms with E-state index < -0.39 is 5.97 Å². The SMILES string of the molecule is CNCCC#Cc1cc(C(=O)O)cs1. The Kier molecular flexibility index (Phi) is 4.17. The summed E-state index contributed by atoms with van der Waals surface area (Å²) >= 11 is 1.36. The molecule has 0 aliphatic carbocycles. The second kappa shape index (κ2) is 5.43. The standard InChI is InChI=1S/C10H11NO2S/c1-11-5-3-2-4-9-6-8(7-14-9)10(12)13/h6-7,11H,3,5H2,1H3,(H,12,13). The van der Waals surface area contributed by atoms with Crippen LogP contribution in [0, 0.1) is 11.8 Å². The summed E-state index contributed by atoms with van der Waals surface area (Å²) in [6.45, 7) is 0.851. The molecule has 1 rings (SSSR count). The lowest BCUT2D eigenvalue weighted by Gasteiger charge is -1.86. The fraction of sp³-hybridized carbons (Fsp3) is 0.300. The van der Waals surface area contributed by atoms with Crippen LogP contribution in [-0.2, 0) is 0 Å². The van der Waals surface area contributed by atoms with Crippen molar-refractivity contribution >= 4 is 17.3 Å². The third-order valence-electron chi connectivity index (χ3n) is 1.56. The molecule has 0 aliphatic heterocycles. The third-order valence-corrected chi connectivity index (χ3v) is 2.40. The smallest absolute Gasteiger partial charge is 0.336 e. The Morgan fingerprint density at radius 3 is 3.07 bits per heavy atom. The monoisotopic (exact) mass is 209 g/mol. The Hall–Kier alpha value is -1.31.